The second-order valence-corrected chi connectivity index (χ2v) is 5.03. The summed E-state index contributed by atoms with van der Waals surface area (Å²) >= 11 is 0. The molecule has 1 aromatic carbocycles. The molecule has 2 N–H and O–H groups in total. The van der Waals surface area contributed by atoms with Crippen molar-refractivity contribution in [2.24, 2.45) is 5.41 Å². The van der Waals surface area contributed by atoms with Crippen LogP contribution in [0.4, 0.5) is 0 Å². The maximum absolute atomic E-state index is 12.4. The molecule has 2 rings (SSSR count). The van der Waals surface area contributed by atoms with E-state index in [2.05, 4.69) is 5.32 Å². The number of rotatable bonds is 3. The van der Waals surface area contributed by atoms with Gasteiger partial charge in [0.05, 0.1) is 6.61 Å². The Bertz CT molecular complexity index is 496. The van der Waals surface area contributed by atoms with E-state index in [4.69, 9.17) is 0 Å². The van der Waals surface area contributed by atoms with E-state index in [1.807, 2.05) is 26.0 Å². The minimum atomic E-state index is -1.34. The standard InChI is InChI=1S/C14H17NO3/c1-9(2)15-13(18)14(8-16)7-10-5-3-4-6-11(10)12(14)17/h3-6,9,16H,7-8H2,1-2H3,(H,15,18). The fourth-order valence-corrected chi connectivity index (χ4v) is 2.34. The first kappa shape index (κ1) is 12.8. The van der Waals surface area contributed by atoms with Crippen molar-refractivity contribution in [2.45, 2.75) is 26.3 Å². The maximum atomic E-state index is 12.4. The molecule has 0 saturated heterocycles. The number of fused-ring (bicyclic) bond motifs is 1. The molecule has 1 atom stereocenters. The van der Waals surface area contributed by atoms with Crippen molar-refractivity contribution in [1.29, 1.82) is 0 Å². The molecule has 1 aromatic rings. The summed E-state index contributed by atoms with van der Waals surface area (Å²) in [4.78, 5) is 24.5. The van der Waals surface area contributed by atoms with E-state index < -0.39 is 12.0 Å². The van der Waals surface area contributed by atoms with Crippen LogP contribution >= 0.6 is 0 Å². The number of nitrogens with one attached hydrogen (secondary N) is 1. The molecule has 1 amide bonds. The number of aliphatic hydroxyl groups excluding tert-OH is 1. The van der Waals surface area contributed by atoms with Crippen LogP contribution in [0.1, 0.15) is 29.8 Å². The van der Waals surface area contributed by atoms with Crippen molar-refractivity contribution in [2.75, 3.05) is 6.61 Å². The molecule has 0 spiro atoms. The van der Waals surface area contributed by atoms with Crippen LogP contribution < -0.4 is 5.32 Å². The Morgan fingerprint density at radius 3 is 2.67 bits per heavy atom. The first-order valence-electron chi connectivity index (χ1n) is 6.06. The van der Waals surface area contributed by atoms with Gasteiger partial charge in [0.1, 0.15) is 5.41 Å². The van der Waals surface area contributed by atoms with E-state index in [1.54, 1.807) is 12.1 Å². The van der Waals surface area contributed by atoms with Gasteiger partial charge in [-0.05, 0) is 25.8 Å². The van der Waals surface area contributed by atoms with Gasteiger partial charge >= 0.3 is 0 Å². The van der Waals surface area contributed by atoms with Crippen molar-refractivity contribution in [3.63, 3.8) is 0 Å². The van der Waals surface area contributed by atoms with Crippen molar-refractivity contribution in [3.8, 4) is 0 Å². The fourth-order valence-electron chi connectivity index (χ4n) is 2.34. The van der Waals surface area contributed by atoms with E-state index >= 15 is 0 Å². The number of hydrogen-bond acceptors (Lipinski definition) is 3. The van der Waals surface area contributed by atoms with Crippen LogP contribution in [0.5, 0.6) is 0 Å². The number of carbonyl (C=O) groups excluding carboxylic acids is 2. The Balaban J connectivity index is 2.38. The van der Waals surface area contributed by atoms with E-state index in [1.165, 1.54) is 0 Å². The zero-order chi connectivity index (χ0) is 13.3. The summed E-state index contributed by atoms with van der Waals surface area (Å²) in [5, 5.41) is 12.3. The molecule has 0 bridgehead atoms. The predicted molar refractivity (Wildman–Crippen MR) is 67.3 cm³/mol. The number of ketones is 1. The molecule has 0 aliphatic heterocycles. The largest absolute Gasteiger partial charge is 0.395 e. The van der Waals surface area contributed by atoms with Gasteiger partial charge in [0.2, 0.25) is 5.91 Å². The number of amides is 1. The highest BCUT2D eigenvalue weighted by Crippen LogP contribution is 2.36. The molecule has 0 aromatic heterocycles. The van der Waals surface area contributed by atoms with Crippen LogP contribution in [-0.2, 0) is 11.2 Å². The average molecular weight is 247 g/mol. The number of Topliss-reactive ketones (excluding diaryl/α,β-unsaturated/α-hetero) is 1. The van der Waals surface area contributed by atoms with Gasteiger partial charge in [0.25, 0.3) is 0 Å². The molecule has 0 heterocycles. The van der Waals surface area contributed by atoms with Gasteiger partial charge in [-0.2, -0.15) is 0 Å². The Kier molecular flexibility index (Phi) is 3.22. The summed E-state index contributed by atoms with van der Waals surface area (Å²) in [5.74, 6) is -0.667. The SMILES string of the molecule is CC(C)NC(=O)C1(CO)Cc2ccccc2C1=O. The van der Waals surface area contributed by atoms with Crippen molar-refractivity contribution in [1.82, 2.24) is 5.32 Å². The molecule has 96 valence electrons. The Morgan fingerprint density at radius 1 is 1.44 bits per heavy atom. The van der Waals surface area contributed by atoms with Gasteiger partial charge < -0.3 is 10.4 Å². The van der Waals surface area contributed by atoms with Gasteiger partial charge in [-0.25, -0.2) is 0 Å². The lowest BCUT2D eigenvalue weighted by Crippen LogP contribution is -2.49. The number of carbonyl (C=O) groups is 2. The topological polar surface area (TPSA) is 66.4 Å². The molecule has 0 fully saturated rings. The van der Waals surface area contributed by atoms with Crippen LogP contribution in [-0.4, -0.2) is 29.4 Å². The van der Waals surface area contributed by atoms with Crippen LogP contribution in [0.25, 0.3) is 0 Å². The lowest BCUT2D eigenvalue weighted by molar-refractivity contribution is -0.130. The van der Waals surface area contributed by atoms with Gasteiger partial charge in [0, 0.05) is 11.6 Å². The smallest absolute Gasteiger partial charge is 0.236 e. The number of benzene rings is 1. The molecule has 0 saturated carbocycles. The fraction of sp³-hybridized carbons (Fsp3) is 0.429. The highest BCUT2D eigenvalue weighted by Gasteiger charge is 2.51. The molecule has 1 aliphatic carbocycles. The minimum Gasteiger partial charge on any atom is -0.395 e. The zero-order valence-corrected chi connectivity index (χ0v) is 10.6. The Hall–Kier alpha value is -1.68. The van der Waals surface area contributed by atoms with E-state index in [0.29, 0.717) is 5.56 Å². The van der Waals surface area contributed by atoms with Crippen LogP contribution in [0, 0.1) is 5.41 Å². The first-order chi connectivity index (χ1) is 8.51. The van der Waals surface area contributed by atoms with Gasteiger partial charge in [0.15, 0.2) is 5.78 Å². The van der Waals surface area contributed by atoms with Crippen LogP contribution in [0.15, 0.2) is 24.3 Å². The molecule has 4 nitrogen and oxygen atoms in total. The summed E-state index contributed by atoms with van der Waals surface area (Å²) in [6, 6.07) is 7.08. The highest BCUT2D eigenvalue weighted by molar-refractivity contribution is 6.17. The molecule has 0 radical (unpaired) electrons. The molecule has 1 aliphatic rings. The number of aliphatic hydroxyl groups is 1. The summed E-state index contributed by atoms with van der Waals surface area (Å²) < 4.78 is 0. The molecule has 18 heavy (non-hydrogen) atoms. The zero-order valence-electron chi connectivity index (χ0n) is 10.6. The van der Waals surface area contributed by atoms with Crippen molar-refractivity contribution in [3.05, 3.63) is 35.4 Å². The average Bonchev–Trinajstić information content (AvgIpc) is 2.63. The lowest BCUT2D eigenvalue weighted by Gasteiger charge is -2.24. The quantitative estimate of drug-likeness (QED) is 0.781. The third-order valence-electron chi connectivity index (χ3n) is 3.31. The van der Waals surface area contributed by atoms with E-state index in [0.717, 1.165) is 5.56 Å². The van der Waals surface area contributed by atoms with E-state index in [9.17, 15) is 14.7 Å². The van der Waals surface area contributed by atoms with Gasteiger partial charge in [-0.3, -0.25) is 9.59 Å². The van der Waals surface area contributed by atoms with Crippen molar-refractivity contribution >= 4 is 11.7 Å². The third kappa shape index (κ3) is 1.82. The lowest BCUT2D eigenvalue weighted by atomic mass is 9.83. The molecular weight excluding hydrogens is 230 g/mol. The highest BCUT2D eigenvalue weighted by atomic mass is 16.3. The summed E-state index contributed by atoms with van der Waals surface area (Å²) in [5.41, 5.74) is 0.0365. The Labute approximate surface area is 106 Å². The van der Waals surface area contributed by atoms with Crippen LogP contribution in [0.3, 0.4) is 0 Å². The summed E-state index contributed by atoms with van der Waals surface area (Å²) in [6.07, 6.45) is 0.275. The van der Waals surface area contributed by atoms with Gasteiger partial charge in [-0.15, -0.1) is 0 Å². The molecular formula is C14H17NO3. The molecule has 1 unspecified atom stereocenters. The second-order valence-electron chi connectivity index (χ2n) is 5.03. The first-order valence-corrected chi connectivity index (χ1v) is 6.06. The molecule has 4 heteroatoms. The summed E-state index contributed by atoms with van der Waals surface area (Å²) in [6.45, 7) is 3.20. The van der Waals surface area contributed by atoms with Gasteiger partial charge in [-0.1, -0.05) is 24.3 Å². The second kappa shape index (κ2) is 4.53. The minimum absolute atomic E-state index is 0.0579. The number of hydrogen-bond donors (Lipinski definition) is 2. The predicted octanol–water partition coefficient (Wildman–Crippen LogP) is 0.929. The summed E-state index contributed by atoms with van der Waals surface area (Å²) in [7, 11) is 0. The third-order valence-corrected chi connectivity index (χ3v) is 3.31. The Morgan fingerprint density at radius 2 is 2.11 bits per heavy atom. The maximum Gasteiger partial charge on any atom is 0.236 e. The van der Waals surface area contributed by atoms with Crippen LogP contribution in [0.2, 0.25) is 0 Å². The van der Waals surface area contributed by atoms with E-state index in [-0.39, 0.29) is 24.2 Å². The van der Waals surface area contributed by atoms with Crippen molar-refractivity contribution < 1.29 is 14.7 Å². The normalized spacial score (nSPS) is 22.1. The monoisotopic (exact) mass is 247 g/mol.